The van der Waals surface area contributed by atoms with Crippen LogP contribution < -0.4 is 14.8 Å². The molecule has 6 heteroatoms. The highest BCUT2D eigenvalue weighted by atomic mass is 32.1. The molecule has 3 aromatic rings. The molecule has 0 unspecified atom stereocenters. The number of thiazole rings is 1. The highest BCUT2D eigenvalue weighted by molar-refractivity contribution is 7.22. The zero-order valence-corrected chi connectivity index (χ0v) is 15.0. The predicted molar refractivity (Wildman–Crippen MR) is 102 cm³/mol. The number of methoxy groups -OCH3 is 2. The van der Waals surface area contributed by atoms with Crippen LogP contribution in [0.5, 0.6) is 11.5 Å². The lowest BCUT2D eigenvalue weighted by Gasteiger charge is -2.07. The number of anilines is 1. The summed E-state index contributed by atoms with van der Waals surface area (Å²) in [6.45, 7) is 2.03. The second-order valence-corrected chi connectivity index (χ2v) is 6.46. The Bertz CT molecular complexity index is 947. The molecular weight excluding hydrogens is 336 g/mol. The summed E-state index contributed by atoms with van der Waals surface area (Å²) in [4.78, 5) is 16.5. The van der Waals surface area contributed by atoms with Gasteiger partial charge in [0.15, 0.2) is 16.6 Å². The van der Waals surface area contributed by atoms with Gasteiger partial charge in [-0.25, -0.2) is 4.98 Å². The molecule has 0 saturated carbocycles. The number of carbonyl (C=O) groups excluding carboxylic acids is 1. The van der Waals surface area contributed by atoms with Crippen molar-refractivity contribution in [2.24, 2.45) is 0 Å². The van der Waals surface area contributed by atoms with Crippen molar-refractivity contribution in [2.75, 3.05) is 19.5 Å². The fraction of sp³-hybridized carbons (Fsp3) is 0.158. The van der Waals surface area contributed by atoms with E-state index in [2.05, 4.69) is 16.4 Å². The Balaban J connectivity index is 1.71. The fourth-order valence-corrected chi connectivity index (χ4v) is 3.33. The Labute approximate surface area is 149 Å². The van der Waals surface area contributed by atoms with Gasteiger partial charge in [-0.15, -0.1) is 0 Å². The van der Waals surface area contributed by atoms with Gasteiger partial charge in [0.2, 0.25) is 5.91 Å². The number of aryl methyl sites for hydroxylation is 1. The smallest absolute Gasteiger partial charge is 0.250 e. The SMILES string of the molecule is COc1ccc(/C=C/C(=O)Nc2nc3ccc(C)cc3s2)cc1OC. The lowest BCUT2D eigenvalue weighted by Crippen LogP contribution is -2.07. The van der Waals surface area contributed by atoms with Gasteiger partial charge in [0, 0.05) is 6.08 Å². The van der Waals surface area contributed by atoms with Crippen LogP contribution in [0.1, 0.15) is 11.1 Å². The van der Waals surface area contributed by atoms with E-state index in [9.17, 15) is 4.79 Å². The number of benzene rings is 2. The lowest BCUT2D eigenvalue weighted by atomic mass is 10.2. The average molecular weight is 354 g/mol. The van der Waals surface area contributed by atoms with E-state index in [0.29, 0.717) is 16.6 Å². The Kier molecular flexibility index (Phi) is 5.00. The number of nitrogens with zero attached hydrogens (tertiary/aromatic N) is 1. The van der Waals surface area contributed by atoms with Crippen LogP contribution in [0.2, 0.25) is 0 Å². The van der Waals surface area contributed by atoms with Gasteiger partial charge in [0.25, 0.3) is 0 Å². The van der Waals surface area contributed by atoms with Crippen molar-refractivity contribution in [1.29, 1.82) is 0 Å². The molecule has 0 aliphatic carbocycles. The summed E-state index contributed by atoms with van der Waals surface area (Å²) >= 11 is 1.46. The third-order valence-corrected chi connectivity index (χ3v) is 4.54. The van der Waals surface area contributed by atoms with E-state index in [1.165, 1.54) is 23.0 Å². The molecule has 0 aliphatic heterocycles. The first kappa shape index (κ1) is 17.0. The van der Waals surface area contributed by atoms with Crippen molar-refractivity contribution in [3.8, 4) is 11.5 Å². The molecular formula is C19H18N2O3S. The summed E-state index contributed by atoms with van der Waals surface area (Å²) < 4.78 is 11.5. The number of nitrogens with one attached hydrogen (secondary N) is 1. The summed E-state index contributed by atoms with van der Waals surface area (Å²) in [5, 5.41) is 3.38. The third kappa shape index (κ3) is 3.97. The maximum absolute atomic E-state index is 12.1. The number of fused-ring (bicyclic) bond motifs is 1. The molecule has 0 bridgehead atoms. The van der Waals surface area contributed by atoms with Crippen LogP contribution in [0.25, 0.3) is 16.3 Å². The van der Waals surface area contributed by atoms with Gasteiger partial charge in [0.1, 0.15) is 0 Å². The van der Waals surface area contributed by atoms with Crippen LogP contribution >= 0.6 is 11.3 Å². The van der Waals surface area contributed by atoms with Gasteiger partial charge >= 0.3 is 0 Å². The molecule has 0 saturated heterocycles. The van der Waals surface area contributed by atoms with Crippen molar-refractivity contribution in [2.45, 2.75) is 6.92 Å². The van der Waals surface area contributed by atoms with E-state index in [1.807, 2.05) is 31.2 Å². The number of hydrogen-bond donors (Lipinski definition) is 1. The van der Waals surface area contributed by atoms with E-state index < -0.39 is 0 Å². The third-order valence-electron chi connectivity index (χ3n) is 3.61. The second-order valence-electron chi connectivity index (χ2n) is 5.43. The van der Waals surface area contributed by atoms with Gasteiger partial charge in [-0.2, -0.15) is 0 Å². The van der Waals surface area contributed by atoms with Gasteiger partial charge in [-0.1, -0.05) is 23.5 Å². The van der Waals surface area contributed by atoms with E-state index in [0.717, 1.165) is 15.8 Å². The minimum atomic E-state index is -0.231. The van der Waals surface area contributed by atoms with Crippen LogP contribution in [0.4, 0.5) is 5.13 Å². The minimum absolute atomic E-state index is 0.231. The zero-order valence-electron chi connectivity index (χ0n) is 14.2. The number of amides is 1. The Morgan fingerprint density at radius 2 is 1.92 bits per heavy atom. The highest BCUT2D eigenvalue weighted by Crippen LogP contribution is 2.28. The lowest BCUT2D eigenvalue weighted by molar-refractivity contribution is -0.111. The molecule has 3 rings (SSSR count). The average Bonchev–Trinajstić information content (AvgIpc) is 3.00. The number of aromatic nitrogens is 1. The number of rotatable bonds is 5. The van der Waals surface area contributed by atoms with Gasteiger partial charge < -0.3 is 9.47 Å². The van der Waals surface area contributed by atoms with Crippen molar-refractivity contribution in [3.05, 3.63) is 53.6 Å². The maximum Gasteiger partial charge on any atom is 0.250 e. The molecule has 0 radical (unpaired) electrons. The van der Waals surface area contributed by atoms with Crippen molar-refractivity contribution < 1.29 is 14.3 Å². The molecule has 2 aromatic carbocycles. The van der Waals surface area contributed by atoms with Gasteiger partial charge in [-0.3, -0.25) is 10.1 Å². The standard InChI is InChI=1S/C19H18N2O3S/c1-12-4-7-14-17(10-12)25-19(20-14)21-18(22)9-6-13-5-8-15(23-2)16(11-13)24-3/h4-11H,1-3H3,(H,20,21,22)/b9-6+. The van der Waals surface area contributed by atoms with E-state index in [-0.39, 0.29) is 5.91 Å². The molecule has 25 heavy (non-hydrogen) atoms. The molecule has 1 heterocycles. The van der Waals surface area contributed by atoms with Gasteiger partial charge in [-0.05, 0) is 48.4 Å². The van der Waals surface area contributed by atoms with Crippen LogP contribution in [-0.2, 0) is 4.79 Å². The van der Waals surface area contributed by atoms with Crippen molar-refractivity contribution >= 4 is 38.7 Å². The molecule has 0 spiro atoms. The second kappa shape index (κ2) is 7.36. The normalized spacial score (nSPS) is 11.0. The zero-order chi connectivity index (χ0) is 17.8. The quantitative estimate of drug-likeness (QED) is 0.695. The van der Waals surface area contributed by atoms with Crippen LogP contribution in [0.15, 0.2) is 42.5 Å². The molecule has 1 N–H and O–H groups in total. The first-order valence-electron chi connectivity index (χ1n) is 7.67. The molecule has 128 valence electrons. The van der Waals surface area contributed by atoms with E-state index in [1.54, 1.807) is 26.4 Å². The first-order chi connectivity index (χ1) is 12.1. The van der Waals surface area contributed by atoms with Crippen LogP contribution in [0, 0.1) is 6.92 Å². The topological polar surface area (TPSA) is 60.5 Å². The van der Waals surface area contributed by atoms with E-state index in [4.69, 9.17) is 9.47 Å². The fourth-order valence-electron chi connectivity index (χ4n) is 2.36. The first-order valence-corrected chi connectivity index (χ1v) is 8.49. The van der Waals surface area contributed by atoms with Gasteiger partial charge in [0.05, 0.1) is 24.4 Å². The number of hydrogen-bond acceptors (Lipinski definition) is 5. The summed E-state index contributed by atoms with van der Waals surface area (Å²) in [5.74, 6) is 1.03. The Morgan fingerprint density at radius 1 is 1.12 bits per heavy atom. The summed E-state index contributed by atoms with van der Waals surface area (Å²) in [6, 6.07) is 11.5. The van der Waals surface area contributed by atoms with Crippen molar-refractivity contribution in [3.63, 3.8) is 0 Å². The molecule has 5 nitrogen and oxygen atoms in total. The number of carbonyl (C=O) groups is 1. The summed E-state index contributed by atoms with van der Waals surface area (Å²) in [6.07, 6.45) is 3.19. The molecule has 1 aromatic heterocycles. The monoisotopic (exact) mass is 354 g/mol. The number of ether oxygens (including phenoxy) is 2. The van der Waals surface area contributed by atoms with Crippen LogP contribution in [0.3, 0.4) is 0 Å². The molecule has 0 aliphatic rings. The van der Waals surface area contributed by atoms with E-state index >= 15 is 0 Å². The minimum Gasteiger partial charge on any atom is -0.493 e. The largest absolute Gasteiger partial charge is 0.493 e. The van der Waals surface area contributed by atoms with Crippen LogP contribution in [-0.4, -0.2) is 25.1 Å². The molecule has 0 fully saturated rings. The maximum atomic E-state index is 12.1. The Morgan fingerprint density at radius 3 is 2.68 bits per heavy atom. The Hall–Kier alpha value is -2.86. The molecule has 1 amide bonds. The summed E-state index contributed by atoms with van der Waals surface area (Å²) in [7, 11) is 3.16. The highest BCUT2D eigenvalue weighted by Gasteiger charge is 2.07. The molecule has 0 atom stereocenters. The summed E-state index contributed by atoms with van der Waals surface area (Å²) in [5.41, 5.74) is 2.89. The van der Waals surface area contributed by atoms with Crippen molar-refractivity contribution in [1.82, 2.24) is 4.98 Å². The predicted octanol–water partition coefficient (Wildman–Crippen LogP) is 4.27.